The summed E-state index contributed by atoms with van der Waals surface area (Å²) in [6, 6.07) is 8.15. The van der Waals surface area contributed by atoms with Gasteiger partial charge in [0, 0.05) is 26.1 Å². The number of allylic oxidation sites excluding steroid dienone is 1. The molecule has 1 aliphatic heterocycles. The quantitative estimate of drug-likeness (QED) is 0.443. The number of piperidine rings is 1. The molecule has 1 saturated heterocycles. The van der Waals surface area contributed by atoms with Crippen LogP contribution < -0.4 is 5.32 Å². The van der Waals surface area contributed by atoms with E-state index in [4.69, 9.17) is 0 Å². The third kappa shape index (κ3) is 8.73. The average Bonchev–Trinajstić information content (AvgIpc) is 2.69. The van der Waals surface area contributed by atoms with Crippen LogP contribution in [0.25, 0.3) is 0 Å². The lowest BCUT2D eigenvalue weighted by Crippen LogP contribution is -2.37. The van der Waals surface area contributed by atoms with Crippen LogP contribution in [-0.2, 0) is 11.2 Å². The SMILES string of the molecule is CC(C)NC(=O)c1ccc(CCCCC2CCN(C(=O)/C=C\C(C)(C)C)CC2)cc1.[HH]. The highest BCUT2D eigenvalue weighted by molar-refractivity contribution is 5.94. The van der Waals surface area contributed by atoms with Gasteiger partial charge in [0.25, 0.3) is 5.91 Å². The van der Waals surface area contributed by atoms with Gasteiger partial charge in [-0.2, -0.15) is 0 Å². The van der Waals surface area contributed by atoms with E-state index in [1.165, 1.54) is 24.8 Å². The predicted octanol–water partition coefficient (Wildman–Crippen LogP) is 5.62. The Hall–Kier alpha value is -2.10. The summed E-state index contributed by atoms with van der Waals surface area (Å²) in [6.07, 6.45) is 10.7. The van der Waals surface area contributed by atoms with Crippen molar-refractivity contribution >= 4 is 11.8 Å². The molecule has 30 heavy (non-hydrogen) atoms. The molecular weight excluding hydrogens is 372 g/mol. The second kappa shape index (κ2) is 11.3. The number of amides is 2. The fourth-order valence-electron chi connectivity index (χ4n) is 3.80. The summed E-state index contributed by atoms with van der Waals surface area (Å²) in [4.78, 5) is 26.3. The third-order valence-electron chi connectivity index (χ3n) is 5.62. The smallest absolute Gasteiger partial charge is 0.251 e. The minimum atomic E-state index is -0.00438. The third-order valence-corrected chi connectivity index (χ3v) is 5.62. The molecule has 0 spiro atoms. The summed E-state index contributed by atoms with van der Waals surface area (Å²) < 4.78 is 0. The molecule has 2 amide bonds. The molecule has 0 aromatic heterocycles. The Kier molecular flexibility index (Phi) is 9.13. The van der Waals surface area contributed by atoms with Crippen LogP contribution in [0.4, 0.5) is 0 Å². The predicted molar refractivity (Wildman–Crippen MR) is 127 cm³/mol. The van der Waals surface area contributed by atoms with Gasteiger partial charge in [-0.1, -0.05) is 51.8 Å². The first-order valence-electron chi connectivity index (χ1n) is 11.5. The van der Waals surface area contributed by atoms with E-state index in [1.54, 1.807) is 6.08 Å². The maximum atomic E-state index is 12.3. The molecule has 4 heteroatoms. The molecule has 1 heterocycles. The molecule has 1 N–H and O–H groups in total. The van der Waals surface area contributed by atoms with Crippen LogP contribution >= 0.6 is 0 Å². The van der Waals surface area contributed by atoms with Crippen molar-refractivity contribution in [3.05, 3.63) is 47.5 Å². The van der Waals surface area contributed by atoms with Crippen molar-refractivity contribution in [3.8, 4) is 0 Å². The summed E-state index contributed by atoms with van der Waals surface area (Å²) in [5, 5.41) is 2.92. The molecule has 1 aliphatic rings. The van der Waals surface area contributed by atoms with Crippen molar-refractivity contribution in [2.75, 3.05) is 13.1 Å². The van der Waals surface area contributed by atoms with Gasteiger partial charge in [0.1, 0.15) is 0 Å². The number of carbonyl (C=O) groups excluding carboxylic acids is 2. The Morgan fingerprint density at radius 2 is 1.77 bits per heavy atom. The number of benzene rings is 1. The standard InChI is InChI=1S/C26H40N2O2.H2/c1-20(2)27-25(30)23-12-10-21(11-13-23)8-6-7-9-22-15-18-28(19-16-22)24(29)14-17-26(3,4)5;/h10-14,17,20,22H,6-9,15-16,18-19H2,1-5H3,(H,27,30);1H/b17-14-;. The van der Waals surface area contributed by atoms with E-state index in [0.29, 0.717) is 0 Å². The first-order valence-corrected chi connectivity index (χ1v) is 11.5. The zero-order valence-electron chi connectivity index (χ0n) is 19.5. The van der Waals surface area contributed by atoms with Crippen LogP contribution in [-0.4, -0.2) is 35.8 Å². The monoisotopic (exact) mass is 414 g/mol. The van der Waals surface area contributed by atoms with Crippen LogP contribution in [0.1, 0.15) is 84.1 Å². The largest absolute Gasteiger partial charge is 0.350 e. The van der Waals surface area contributed by atoms with E-state index in [2.05, 4.69) is 38.2 Å². The first kappa shape index (κ1) is 24.2. The van der Waals surface area contributed by atoms with Crippen LogP contribution in [0.2, 0.25) is 0 Å². The van der Waals surface area contributed by atoms with Gasteiger partial charge < -0.3 is 10.2 Å². The number of nitrogens with one attached hydrogen (secondary N) is 1. The van der Waals surface area contributed by atoms with Crippen LogP contribution in [0, 0.1) is 11.3 Å². The molecule has 0 saturated carbocycles. The normalized spacial score (nSPS) is 15.7. The van der Waals surface area contributed by atoms with Crippen molar-refractivity contribution < 1.29 is 11.0 Å². The van der Waals surface area contributed by atoms with E-state index in [-0.39, 0.29) is 24.7 Å². The number of hydrogen-bond donors (Lipinski definition) is 1. The first-order chi connectivity index (χ1) is 14.1. The molecule has 1 fully saturated rings. The summed E-state index contributed by atoms with van der Waals surface area (Å²) in [5.41, 5.74) is 2.07. The van der Waals surface area contributed by atoms with Crippen LogP contribution in [0.15, 0.2) is 36.4 Å². The van der Waals surface area contributed by atoms with Gasteiger partial charge in [0.05, 0.1) is 0 Å². The maximum Gasteiger partial charge on any atom is 0.251 e. The summed E-state index contributed by atoms with van der Waals surface area (Å²) in [6.45, 7) is 12.1. The van der Waals surface area contributed by atoms with Gasteiger partial charge in [-0.15, -0.1) is 0 Å². The minimum absolute atomic E-state index is 0. The van der Waals surface area contributed by atoms with Crippen molar-refractivity contribution in [1.82, 2.24) is 10.2 Å². The van der Waals surface area contributed by atoms with E-state index in [0.717, 1.165) is 43.8 Å². The highest BCUT2D eigenvalue weighted by atomic mass is 16.2. The maximum absolute atomic E-state index is 12.3. The molecule has 1 aromatic rings. The van der Waals surface area contributed by atoms with Crippen LogP contribution in [0.5, 0.6) is 0 Å². The Labute approximate surface area is 184 Å². The Bertz CT molecular complexity index is 712. The van der Waals surface area contributed by atoms with E-state index in [1.807, 2.05) is 37.0 Å². The molecule has 0 bridgehead atoms. The lowest BCUT2D eigenvalue weighted by molar-refractivity contribution is -0.127. The number of aryl methyl sites for hydroxylation is 1. The van der Waals surface area contributed by atoms with E-state index < -0.39 is 0 Å². The summed E-state index contributed by atoms with van der Waals surface area (Å²) >= 11 is 0. The van der Waals surface area contributed by atoms with Crippen molar-refractivity contribution in [2.24, 2.45) is 11.3 Å². The molecule has 168 valence electrons. The Morgan fingerprint density at radius 3 is 2.33 bits per heavy atom. The van der Waals surface area contributed by atoms with Gasteiger partial charge in [-0.05, 0) is 74.6 Å². The fourth-order valence-corrected chi connectivity index (χ4v) is 3.80. The van der Waals surface area contributed by atoms with Gasteiger partial charge in [-0.3, -0.25) is 9.59 Å². The number of hydrogen-bond acceptors (Lipinski definition) is 2. The second-order valence-corrected chi connectivity index (χ2v) is 10.0. The molecule has 0 atom stereocenters. The number of nitrogens with zero attached hydrogens (tertiary/aromatic N) is 1. The minimum Gasteiger partial charge on any atom is -0.350 e. The van der Waals surface area contributed by atoms with Crippen molar-refractivity contribution in [3.63, 3.8) is 0 Å². The zero-order chi connectivity index (χ0) is 22.1. The van der Waals surface area contributed by atoms with Gasteiger partial charge in [-0.25, -0.2) is 0 Å². The highest BCUT2D eigenvalue weighted by Crippen LogP contribution is 2.24. The van der Waals surface area contributed by atoms with Crippen molar-refractivity contribution in [2.45, 2.75) is 79.2 Å². The summed E-state index contributed by atoms with van der Waals surface area (Å²) in [7, 11) is 0. The second-order valence-electron chi connectivity index (χ2n) is 10.0. The molecular formula is C26H42N2O2. The fraction of sp³-hybridized carbons (Fsp3) is 0.615. The molecule has 1 aromatic carbocycles. The molecule has 0 radical (unpaired) electrons. The van der Waals surface area contributed by atoms with Crippen molar-refractivity contribution in [1.29, 1.82) is 0 Å². The molecule has 0 unspecified atom stereocenters. The highest BCUT2D eigenvalue weighted by Gasteiger charge is 2.21. The zero-order valence-corrected chi connectivity index (χ0v) is 19.5. The summed E-state index contributed by atoms with van der Waals surface area (Å²) in [5.74, 6) is 0.895. The number of rotatable bonds is 8. The topological polar surface area (TPSA) is 49.4 Å². The average molecular weight is 415 g/mol. The van der Waals surface area contributed by atoms with E-state index in [9.17, 15) is 9.59 Å². The number of carbonyl (C=O) groups is 2. The van der Waals surface area contributed by atoms with Gasteiger partial charge >= 0.3 is 0 Å². The molecule has 0 aliphatic carbocycles. The lowest BCUT2D eigenvalue weighted by atomic mass is 9.90. The molecule has 4 nitrogen and oxygen atoms in total. The Balaban J connectivity index is 0.00000480. The van der Waals surface area contributed by atoms with Gasteiger partial charge in [0.2, 0.25) is 5.91 Å². The number of unbranched alkanes of at least 4 members (excludes halogenated alkanes) is 1. The Morgan fingerprint density at radius 1 is 1.13 bits per heavy atom. The van der Waals surface area contributed by atoms with Crippen LogP contribution in [0.3, 0.4) is 0 Å². The lowest BCUT2D eigenvalue weighted by Gasteiger charge is -2.31. The van der Waals surface area contributed by atoms with Gasteiger partial charge in [0.15, 0.2) is 0 Å². The number of likely N-dealkylation sites (tertiary alicyclic amines) is 1. The molecule has 2 rings (SSSR count). The van der Waals surface area contributed by atoms with E-state index >= 15 is 0 Å².